The summed E-state index contributed by atoms with van der Waals surface area (Å²) in [5, 5.41) is 1.22. The van der Waals surface area contributed by atoms with Gasteiger partial charge in [-0.15, -0.1) is 0 Å². The van der Waals surface area contributed by atoms with Gasteiger partial charge in [0.1, 0.15) is 5.75 Å². The average molecular weight is 350 g/mol. The van der Waals surface area contributed by atoms with Crippen molar-refractivity contribution < 1.29 is 4.74 Å². The maximum Gasteiger partial charge on any atom is 0.119 e. The van der Waals surface area contributed by atoms with Crippen LogP contribution in [0.4, 0.5) is 0 Å². The molecule has 0 heterocycles. The Kier molecular flexibility index (Phi) is 4.86. The highest BCUT2D eigenvalue weighted by molar-refractivity contribution is 6.42. The van der Waals surface area contributed by atoms with Gasteiger partial charge in [-0.1, -0.05) is 35.3 Å². The molecule has 2 aromatic rings. The van der Waals surface area contributed by atoms with E-state index in [1.165, 1.54) is 16.7 Å². The van der Waals surface area contributed by atoms with E-state index in [1.54, 1.807) is 7.11 Å². The van der Waals surface area contributed by atoms with Gasteiger partial charge in [0.2, 0.25) is 0 Å². The van der Waals surface area contributed by atoms with Gasteiger partial charge < -0.3 is 9.64 Å². The topological polar surface area (TPSA) is 12.5 Å². The van der Waals surface area contributed by atoms with E-state index in [1.807, 2.05) is 18.2 Å². The third-order valence-electron chi connectivity index (χ3n) is 4.77. The number of methoxy groups -OCH3 is 1. The Morgan fingerprint density at radius 3 is 2.48 bits per heavy atom. The van der Waals surface area contributed by atoms with Crippen LogP contribution in [0.3, 0.4) is 0 Å². The van der Waals surface area contributed by atoms with Gasteiger partial charge in [-0.3, -0.25) is 0 Å². The van der Waals surface area contributed by atoms with Crippen LogP contribution in [0.2, 0.25) is 10.0 Å². The first-order valence-electron chi connectivity index (χ1n) is 7.77. The van der Waals surface area contributed by atoms with Gasteiger partial charge in [-0.25, -0.2) is 0 Å². The molecule has 2 unspecified atom stereocenters. The van der Waals surface area contributed by atoms with E-state index < -0.39 is 0 Å². The second-order valence-electron chi connectivity index (χ2n) is 6.35. The van der Waals surface area contributed by atoms with E-state index in [0.717, 1.165) is 18.6 Å². The molecule has 0 aromatic heterocycles. The molecule has 2 atom stereocenters. The van der Waals surface area contributed by atoms with E-state index in [0.29, 0.717) is 22.0 Å². The number of fused-ring (bicyclic) bond motifs is 1. The van der Waals surface area contributed by atoms with Crippen LogP contribution in [0.1, 0.15) is 29.0 Å². The SMILES string of the molecule is COc1ccc2c(c1)CC(N(C)C)CC2c1ccc(Cl)c(Cl)c1. The minimum Gasteiger partial charge on any atom is -0.497 e. The van der Waals surface area contributed by atoms with Crippen molar-refractivity contribution in [2.24, 2.45) is 0 Å². The second kappa shape index (κ2) is 6.72. The zero-order valence-electron chi connectivity index (χ0n) is 13.6. The molecule has 0 radical (unpaired) electrons. The van der Waals surface area contributed by atoms with Gasteiger partial charge >= 0.3 is 0 Å². The molecule has 0 saturated carbocycles. The maximum absolute atomic E-state index is 6.24. The van der Waals surface area contributed by atoms with E-state index in [-0.39, 0.29) is 0 Å². The fraction of sp³-hybridized carbons (Fsp3) is 0.368. The number of rotatable bonds is 3. The fourth-order valence-corrected chi connectivity index (χ4v) is 3.71. The molecule has 0 fully saturated rings. The van der Waals surface area contributed by atoms with Crippen LogP contribution in [0.5, 0.6) is 5.75 Å². The second-order valence-corrected chi connectivity index (χ2v) is 7.16. The highest BCUT2D eigenvalue weighted by Crippen LogP contribution is 2.40. The first kappa shape index (κ1) is 16.6. The minimum absolute atomic E-state index is 0.326. The Morgan fingerprint density at radius 1 is 1.04 bits per heavy atom. The van der Waals surface area contributed by atoms with Crippen LogP contribution in [0, 0.1) is 0 Å². The van der Waals surface area contributed by atoms with Crippen molar-refractivity contribution in [3.05, 3.63) is 63.1 Å². The standard InChI is InChI=1S/C19H21Cl2NO/c1-22(2)14-8-13-9-15(23-3)5-6-16(13)17(11-14)12-4-7-18(20)19(21)10-12/h4-7,9-10,14,17H,8,11H2,1-3H3. The Labute approximate surface area is 148 Å². The van der Waals surface area contributed by atoms with Crippen molar-refractivity contribution in [2.75, 3.05) is 21.2 Å². The summed E-state index contributed by atoms with van der Waals surface area (Å²) >= 11 is 12.3. The van der Waals surface area contributed by atoms with Gasteiger partial charge in [0.05, 0.1) is 17.2 Å². The highest BCUT2D eigenvalue weighted by Gasteiger charge is 2.29. The summed E-state index contributed by atoms with van der Waals surface area (Å²) in [5.41, 5.74) is 3.94. The Morgan fingerprint density at radius 2 is 1.83 bits per heavy atom. The zero-order valence-corrected chi connectivity index (χ0v) is 15.2. The first-order chi connectivity index (χ1) is 11.0. The summed E-state index contributed by atoms with van der Waals surface area (Å²) in [4.78, 5) is 2.30. The van der Waals surface area contributed by atoms with Gasteiger partial charge in [0.25, 0.3) is 0 Å². The Hall–Kier alpha value is -1.22. The number of nitrogens with zero attached hydrogens (tertiary/aromatic N) is 1. The molecule has 0 bridgehead atoms. The predicted molar refractivity (Wildman–Crippen MR) is 97.1 cm³/mol. The molecule has 0 N–H and O–H groups in total. The highest BCUT2D eigenvalue weighted by atomic mass is 35.5. The number of halogens is 2. The molecule has 2 nitrogen and oxygen atoms in total. The monoisotopic (exact) mass is 349 g/mol. The molecule has 23 heavy (non-hydrogen) atoms. The lowest BCUT2D eigenvalue weighted by Crippen LogP contribution is -2.35. The van der Waals surface area contributed by atoms with Crippen LogP contribution < -0.4 is 4.74 Å². The van der Waals surface area contributed by atoms with Crippen molar-refractivity contribution in [3.63, 3.8) is 0 Å². The van der Waals surface area contributed by atoms with Crippen LogP contribution in [0.25, 0.3) is 0 Å². The summed E-state index contributed by atoms with van der Waals surface area (Å²) in [7, 11) is 5.99. The first-order valence-corrected chi connectivity index (χ1v) is 8.53. The minimum atomic E-state index is 0.326. The fourth-order valence-electron chi connectivity index (χ4n) is 3.40. The van der Waals surface area contributed by atoms with Gasteiger partial charge in [-0.05, 0) is 67.9 Å². The summed E-state index contributed by atoms with van der Waals surface area (Å²) in [5.74, 6) is 1.24. The number of hydrogen-bond donors (Lipinski definition) is 0. The van der Waals surface area contributed by atoms with Gasteiger partial charge in [-0.2, -0.15) is 0 Å². The molecule has 0 spiro atoms. The molecular weight excluding hydrogens is 329 g/mol. The predicted octanol–water partition coefficient (Wildman–Crippen LogP) is 5.01. The molecule has 4 heteroatoms. The zero-order chi connectivity index (χ0) is 16.6. The molecule has 122 valence electrons. The summed E-state index contributed by atoms with van der Waals surface area (Å²) < 4.78 is 5.40. The smallest absolute Gasteiger partial charge is 0.119 e. The number of likely N-dealkylation sites (N-methyl/N-ethyl adjacent to an activating group) is 1. The molecule has 0 amide bonds. The third kappa shape index (κ3) is 3.35. The van der Waals surface area contributed by atoms with Crippen molar-refractivity contribution >= 4 is 23.2 Å². The molecule has 1 aliphatic carbocycles. The third-order valence-corrected chi connectivity index (χ3v) is 5.50. The molecular formula is C19H21Cl2NO. The lowest BCUT2D eigenvalue weighted by atomic mass is 9.76. The Bertz CT molecular complexity index is 715. The van der Waals surface area contributed by atoms with Crippen LogP contribution in [-0.4, -0.2) is 32.1 Å². The van der Waals surface area contributed by atoms with E-state index in [2.05, 4.69) is 37.2 Å². The van der Waals surface area contributed by atoms with Crippen molar-refractivity contribution in [2.45, 2.75) is 24.8 Å². The molecule has 2 aromatic carbocycles. The van der Waals surface area contributed by atoms with Crippen LogP contribution >= 0.6 is 23.2 Å². The molecule has 1 aliphatic rings. The van der Waals surface area contributed by atoms with E-state index in [9.17, 15) is 0 Å². The normalized spacial score (nSPS) is 20.4. The van der Waals surface area contributed by atoms with Crippen LogP contribution in [-0.2, 0) is 6.42 Å². The Balaban J connectivity index is 2.06. The molecule has 0 aliphatic heterocycles. The van der Waals surface area contributed by atoms with E-state index >= 15 is 0 Å². The quantitative estimate of drug-likeness (QED) is 0.772. The number of hydrogen-bond acceptors (Lipinski definition) is 2. The largest absolute Gasteiger partial charge is 0.497 e. The van der Waals surface area contributed by atoms with Gasteiger partial charge in [0.15, 0.2) is 0 Å². The van der Waals surface area contributed by atoms with Crippen molar-refractivity contribution in [3.8, 4) is 5.75 Å². The summed E-state index contributed by atoms with van der Waals surface area (Å²) in [6, 6.07) is 12.9. The molecule has 3 rings (SSSR count). The summed E-state index contributed by atoms with van der Waals surface area (Å²) in [6.45, 7) is 0. The average Bonchev–Trinajstić information content (AvgIpc) is 2.55. The lowest BCUT2D eigenvalue weighted by Gasteiger charge is -2.35. The van der Waals surface area contributed by atoms with Crippen molar-refractivity contribution in [1.82, 2.24) is 4.90 Å². The number of ether oxygens (including phenoxy) is 1. The van der Waals surface area contributed by atoms with E-state index in [4.69, 9.17) is 27.9 Å². The van der Waals surface area contributed by atoms with Crippen molar-refractivity contribution in [1.29, 1.82) is 0 Å². The number of benzene rings is 2. The van der Waals surface area contributed by atoms with Gasteiger partial charge in [0, 0.05) is 12.0 Å². The lowest BCUT2D eigenvalue weighted by molar-refractivity contribution is 0.258. The molecule has 0 saturated heterocycles. The van der Waals surface area contributed by atoms with Crippen LogP contribution in [0.15, 0.2) is 36.4 Å². The summed E-state index contributed by atoms with van der Waals surface area (Å²) in [6.07, 6.45) is 2.11. The maximum atomic E-state index is 6.24.